The number of esters is 1. The van der Waals surface area contributed by atoms with Gasteiger partial charge in [-0.25, -0.2) is 0 Å². The summed E-state index contributed by atoms with van der Waals surface area (Å²) in [6, 6.07) is 5.32. The Bertz CT molecular complexity index is 609. The molecule has 1 amide bonds. The first-order valence-corrected chi connectivity index (χ1v) is 7.97. The molecule has 0 unspecified atom stereocenters. The van der Waals surface area contributed by atoms with Crippen LogP contribution in [0.3, 0.4) is 0 Å². The predicted molar refractivity (Wildman–Crippen MR) is 87.6 cm³/mol. The summed E-state index contributed by atoms with van der Waals surface area (Å²) >= 11 is 5.97. The van der Waals surface area contributed by atoms with E-state index >= 15 is 0 Å². The van der Waals surface area contributed by atoms with Crippen molar-refractivity contribution in [3.8, 4) is 5.75 Å². The number of carbonyl (C=O) groups is 2. The van der Waals surface area contributed by atoms with Crippen molar-refractivity contribution in [2.45, 2.75) is 45.8 Å². The monoisotopic (exact) mass is 339 g/mol. The summed E-state index contributed by atoms with van der Waals surface area (Å²) in [6.45, 7) is 7.41. The van der Waals surface area contributed by atoms with Gasteiger partial charge in [0.15, 0.2) is 6.10 Å². The quantitative estimate of drug-likeness (QED) is 0.860. The van der Waals surface area contributed by atoms with Crippen LogP contribution in [0.2, 0.25) is 5.02 Å². The molecular weight excluding hydrogens is 318 g/mol. The van der Waals surface area contributed by atoms with Crippen LogP contribution in [0.4, 0.5) is 0 Å². The zero-order chi connectivity index (χ0) is 17.2. The Balaban J connectivity index is 1.95. The molecule has 1 aromatic carbocycles. The highest BCUT2D eigenvalue weighted by atomic mass is 35.5. The van der Waals surface area contributed by atoms with E-state index in [1.807, 2.05) is 20.8 Å². The van der Waals surface area contributed by atoms with E-state index in [4.69, 9.17) is 21.1 Å². The van der Waals surface area contributed by atoms with Crippen molar-refractivity contribution in [1.29, 1.82) is 0 Å². The SMILES string of the molecule is C[C@@H](OC(=O)[C@H]1COc2ccc(Cl)cc2C1)C(=O)NC(C)(C)C. The number of rotatable bonds is 3. The van der Waals surface area contributed by atoms with Crippen LogP contribution in [-0.4, -0.2) is 30.1 Å². The maximum absolute atomic E-state index is 12.3. The smallest absolute Gasteiger partial charge is 0.313 e. The largest absolute Gasteiger partial charge is 0.492 e. The van der Waals surface area contributed by atoms with Crippen molar-refractivity contribution in [3.05, 3.63) is 28.8 Å². The number of amides is 1. The van der Waals surface area contributed by atoms with Gasteiger partial charge in [-0.3, -0.25) is 9.59 Å². The summed E-state index contributed by atoms with van der Waals surface area (Å²) in [6.07, 6.45) is -0.356. The number of halogens is 1. The average molecular weight is 340 g/mol. The summed E-state index contributed by atoms with van der Waals surface area (Å²) in [5.74, 6) is -0.457. The van der Waals surface area contributed by atoms with E-state index < -0.39 is 18.0 Å². The van der Waals surface area contributed by atoms with Crippen molar-refractivity contribution in [1.82, 2.24) is 5.32 Å². The molecule has 0 saturated carbocycles. The molecule has 23 heavy (non-hydrogen) atoms. The van der Waals surface area contributed by atoms with Crippen LogP contribution in [0.1, 0.15) is 33.3 Å². The Kier molecular flexibility index (Phi) is 5.19. The van der Waals surface area contributed by atoms with E-state index in [9.17, 15) is 9.59 Å². The summed E-state index contributed by atoms with van der Waals surface area (Å²) in [5, 5.41) is 3.38. The molecule has 1 heterocycles. The summed E-state index contributed by atoms with van der Waals surface area (Å²) in [7, 11) is 0. The van der Waals surface area contributed by atoms with Gasteiger partial charge in [-0.2, -0.15) is 0 Å². The number of ether oxygens (including phenoxy) is 2. The lowest BCUT2D eigenvalue weighted by atomic mass is 9.97. The highest BCUT2D eigenvalue weighted by molar-refractivity contribution is 6.30. The average Bonchev–Trinajstić information content (AvgIpc) is 2.44. The Morgan fingerprint density at radius 2 is 2.09 bits per heavy atom. The van der Waals surface area contributed by atoms with E-state index in [0.29, 0.717) is 11.4 Å². The van der Waals surface area contributed by atoms with Crippen molar-refractivity contribution in [2.75, 3.05) is 6.61 Å². The van der Waals surface area contributed by atoms with Gasteiger partial charge >= 0.3 is 5.97 Å². The van der Waals surface area contributed by atoms with Crippen LogP contribution in [0, 0.1) is 5.92 Å². The molecule has 0 saturated heterocycles. The molecule has 0 fully saturated rings. The van der Waals surface area contributed by atoms with Gasteiger partial charge in [0, 0.05) is 10.6 Å². The molecule has 2 atom stereocenters. The minimum absolute atomic E-state index is 0.237. The highest BCUT2D eigenvalue weighted by Gasteiger charge is 2.30. The van der Waals surface area contributed by atoms with E-state index in [1.165, 1.54) is 0 Å². The number of hydrogen-bond donors (Lipinski definition) is 1. The molecule has 0 bridgehead atoms. The normalized spacial score (nSPS) is 18.4. The fraction of sp³-hybridized carbons (Fsp3) is 0.529. The number of fused-ring (bicyclic) bond motifs is 1. The molecule has 0 aromatic heterocycles. The van der Waals surface area contributed by atoms with Crippen molar-refractivity contribution < 1.29 is 19.1 Å². The topological polar surface area (TPSA) is 64.6 Å². The molecule has 1 aliphatic heterocycles. The first kappa shape index (κ1) is 17.6. The Morgan fingerprint density at radius 1 is 1.39 bits per heavy atom. The van der Waals surface area contributed by atoms with Gasteiger partial charge in [-0.15, -0.1) is 0 Å². The fourth-order valence-corrected chi connectivity index (χ4v) is 2.50. The van der Waals surface area contributed by atoms with E-state index in [-0.39, 0.29) is 18.1 Å². The Hall–Kier alpha value is -1.75. The lowest BCUT2D eigenvalue weighted by Gasteiger charge is -2.26. The Morgan fingerprint density at radius 3 is 2.74 bits per heavy atom. The van der Waals surface area contributed by atoms with Gasteiger partial charge in [0.1, 0.15) is 12.4 Å². The summed E-state index contributed by atoms with van der Waals surface area (Å²) in [5.41, 5.74) is 0.499. The molecule has 0 aliphatic carbocycles. The minimum Gasteiger partial charge on any atom is -0.492 e. The zero-order valence-corrected chi connectivity index (χ0v) is 14.6. The first-order valence-electron chi connectivity index (χ1n) is 7.59. The van der Waals surface area contributed by atoms with Gasteiger partial charge in [-0.1, -0.05) is 11.6 Å². The molecular formula is C17H22ClNO4. The molecule has 1 aliphatic rings. The Labute approximate surface area is 141 Å². The second-order valence-electron chi connectivity index (χ2n) is 6.78. The summed E-state index contributed by atoms with van der Waals surface area (Å²) in [4.78, 5) is 24.2. The van der Waals surface area contributed by atoms with Crippen molar-refractivity contribution in [2.24, 2.45) is 5.92 Å². The lowest BCUT2D eigenvalue weighted by Crippen LogP contribution is -2.47. The minimum atomic E-state index is -0.845. The van der Waals surface area contributed by atoms with E-state index in [0.717, 1.165) is 11.3 Å². The van der Waals surface area contributed by atoms with Gasteiger partial charge in [0.25, 0.3) is 5.91 Å². The van der Waals surface area contributed by atoms with Gasteiger partial charge in [0.2, 0.25) is 0 Å². The van der Waals surface area contributed by atoms with Crippen LogP contribution in [0.25, 0.3) is 0 Å². The number of benzene rings is 1. The first-order chi connectivity index (χ1) is 10.7. The predicted octanol–water partition coefficient (Wildman–Crippen LogP) is 2.74. The molecule has 6 heteroatoms. The van der Waals surface area contributed by atoms with E-state index in [2.05, 4.69) is 5.32 Å². The maximum Gasteiger partial charge on any atom is 0.313 e. The third kappa shape index (κ3) is 4.86. The lowest BCUT2D eigenvalue weighted by molar-refractivity contribution is -0.160. The van der Waals surface area contributed by atoms with Crippen molar-refractivity contribution >= 4 is 23.5 Å². The van der Waals surface area contributed by atoms with Gasteiger partial charge < -0.3 is 14.8 Å². The third-order valence-electron chi connectivity index (χ3n) is 3.42. The van der Waals surface area contributed by atoms with Crippen LogP contribution in [0.15, 0.2) is 18.2 Å². The van der Waals surface area contributed by atoms with Crippen LogP contribution < -0.4 is 10.1 Å². The zero-order valence-electron chi connectivity index (χ0n) is 13.8. The maximum atomic E-state index is 12.3. The van der Waals surface area contributed by atoms with Crippen LogP contribution in [-0.2, 0) is 20.7 Å². The van der Waals surface area contributed by atoms with Crippen LogP contribution in [0.5, 0.6) is 5.75 Å². The third-order valence-corrected chi connectivity index (χ3v) is 3.66. The molecule has 1 N–H and O–H groups in total. The number of carbonyl (C=O) groups excluding carboxylic acids is 2. The summed E-state index contributed by atoms with van der Waals surface area (Å²) < 4.78 is 10.9. The molecule has 2 rings (SSSR count). The highest BCUT2D eigenvalue weighted by Crippen LogP contribution is 2.30. The second kappa shape index (κ2) is 6.79. The molecule has 5 nitrogen and oxygen atoms in total. The van der Waals surface area contributed by atoms with Gasteiger partial charge in [0.05, 0.1) is 5.92 Å². The molecule has 1 aromatic rings. The van der Waals surface area contributed by atoms with Gasteiger partial charge in [-0.05, 0) is 57.9 Å². The number of nitrogens with one attached hydrogen (secondary N) is 1. The molecule has 126 valence electrons. The number of hydrogen-bond acceptors (Lipinski definition) is 4. The van der Waals surface area contributed by atoms with E-state index in [1.54, 1.807) is 25.1 Å². The molecule has 0 spiro atoms. The second-order valence-corrected chi connectivity index (χ2v) is 7.22. The van der Waals surface area contributed by atoms with Crippen molar-refractivity contribution in [3.63, 3.8) is 0 Å². The fourth-order valence-electron chi connectivity index (χ4n) is 2.31. The molecule has 0 radical (unpaired) electrons. The van der Waals surface area contributed by atoms with Crippen LogP contribution >= 0.6 is 11.6 Å². The standard InChI is InChI=1S/C17H22ClNO4/c1-10(15(20)19-17(2,3)4)23-16(21)12-7-11-8-13(18)5-6-14(11)22-9-12/h5-6,8,10,12H,7,9H2,1-4H3,(H,19,20)/t10-,12-/m1/s1.